The smallest absolute Gasteiger partial charge is 0.364 e. The van der Waals surface area contributed by atoms with Gasteiger partial charge in [0.1, 0.15) is 146 Å². The standard InChI is InChI=1S/C92H158N4O47/c1-7-9-11-13-15-17-19-20-22-23-25-27-29-31-51(108)50(96-62(113)32-30-28-26-24-21-18-16-14-12-10-8-2)44-130-84-74(122)72(120)77(60(42-102)133-84)136-86-75(123)82(78(61(43-103)134-86)137-83-49(33-45(3)104)76(68(116)57(39-99)131-83)135-85-73(121)71(119)67(115)56(38-98)132-85)143-92(89(128)129)36-54(111)65(95-48(6)107)81(142-92)70(118)59(41-101)139-91(88(126)127)35-53(110)64(94-47(5)106)80(141-91)69(117)58(40-100)138-90(87(124)125)34-52(109)63(93-46(4)105)79(140-90)66(114)55(112)37-97/h29,31,49-61,63-86,97-103,108-112,114-123H,7-28,30,32-44H2,1-6H3,(H,93,105)(H,94,106)(H,95,107)(H,96,113)(H,124,125)(H,126,127)(H,128,129). The fourth-order valence-electron chi connectivity index (χ4n) is 19.0. The van der Waals surface area contributed by atoms with Gasteiger partial charge in [-0.15, -0.1) is 0 Å². The van der Waals surface area contributed by atoms with E-state index in [2.05, 4.69) is 35.1 Å². The average Bonchev–Trinajstić information content (AvgIpc) is 0.741. The Hall–Kier alpha value is -5.74. The molecule has 51 heteroatoms. The predicted octanol–water partition coefficient (Wildman–Crippen LogP) is -7.16. The fourth-order valence-corrected chi connectivity index (χ4v) is 19.0. The molecule has 7 aliphatic heterocycles. The first-order chi connectivity index (χ1) is 67.9. The van der Waals surface area contributed by atoms with Gasteiger partial charge >= 0.3 is 17.9 Å². The molecule has 0 aromatic heterocycles. The lowest BCUT2D eigenvalue weighted by molar-refractivity contribution is -0.407. The number of hydrogen-bond acceptors (Lipinski definition) is 44. The van der Waals surface area contributed by atoms with Gasteiger partial charge in [0.2, 0.25) is 23.6 Å². The molecule has 0 aromatic rings. The van der Waals surface area contributed by atoms with Crippen molar-refractivity contribution in [2.24, 2.45) is 5.92 Å². The van der Waals surface area contributed by atoms with Crippen molar-refractivity contribution in [3.63, 3.8) is 0 Å². The van der Waals surface area contributed by atoms with Gasteiger partial charge in [0.25, 0.3) is 17.4 Å². The Kier molecular flexibility index (Phi) is 52.4. The van der Waals surface area contributed by atoms with Crippen LogP contribution in [0.15, 0.2) is 12.2 Å². The van der Waals surface area contributed by atoms with Crippen molar-refractivity contribution in [3.8, 4) is 0 Å². The number of carboxylic acids is 3. The Morgan fingerprint density at radius 3 is 1.21 bits per heavy atom. The number of carbonyl (C=O) groups is 8. The van der Waals surface area contributed by atoms with E-state index in [0.29, 0.717) is 12.8 Å². The highest BCUT2D eigenvalue weighted by molar-refractivity contribution is 5.79. The van der Waals surface area contributed by atoms with Gasteiger partial charge in [-0.3, -0.25) is 19.2 Å². The molecule has 0 aliphatic carbocycles. The van der Waals surface area contributed by atoms with E-state index in [4.69, 9.17) is 66.3 Å². The number of allylic oxidation sites excluding steroid dienone is 1. The number of carbonyl (C=O) groups excluding carboxylic acids is 5. The van der Waals surface area contributed by atoms with E-state index >= 15 is 0 Å². The molecule has 7 fully saturated rings. The summed E-state index contributed by atoms with van der Waals surface area (Å²) in [6, 6.07) is -7.45. The van der Waals surface area contributed by atoms with Gasteiger partial charge in [0.05, 0.1) is 108 Å². The summed E-state index contributed by atoms with van der Waals surface area (Å²) in [6.45, 7) is -2.22. The van der Waals surface area contributed by atoms with Crippen molar-refractivity contribution < 1.29 is 232 Å². The summed E-state index contributed by atoms with van der Waals surface area (Å²) in [4.78, 5) is 108. The molecule has 0 saturated carbocycles. The summed E-state index contributed by atoms with van der Waals surface area (Å²) >= 11 is 0. The molecule has 143 heavy (non-hydrogen) atoms. The van der Waals surface area contributed by atoms with E-state index in [9.17, 15) is 166 Å². The predicted molar refractivity (Wildman–Crippen MR) is 484 cm³/mol. The van der Waals surface area contributed by atoms with Gasteiger partial charge in [-0.1, -0.05) is 154 Å². The maximum atomic E-state index is 14.7. The van der Waals surface area contributed by atoms with Crippen LogP contribution in [0.5, 0.6) is 0 Å². The zero-order valence-corrected chi connectivity index (χ0v) is 81.6. The molecule has 7 saturated heterocycles. The maximum absolute atomic E-state index is 14.7. The van der Waals surface area contributed by atoms with Gasteiger partial charge in [-0.05, 0) is 26.2 Å². The Morgan fingerprint density at radius 1 is 0.399 bits per heavy atom. The van der Waals surface area contributed by atoms with Crippen LogP contribution < -0.4 is 21.3 Å². The Labute approximate surface area is 827 Å². The maximum Gasteiger partial charge on any atom is 0.364 e. The first-order valence-corrected chi connectivity index (χ1v) is 49.6. The van der Waals surface area contributed by atoms with E-state index in [1.807, 2.05) is 0 Å². The van der Waals surface area contributed by atoms with Crippen LogP contribution in [-0.4, -0.2) is 465 Å². The molecule has 0 aromatic carbocycles. The van der Waals surface area contributed by atoms with Crippen molar-refractivity contribution in [1.29, 1.82) is 0 Å². The molecule has 7 aliphatic rings. The molecule has 29 N–H and O–H groups in total. The van der Waals surface area contributed by atoms with E-state index in [0.717, 1.165) is 118 Å². The minimum absolute atomic E-state index is 0.0547. The highest BCUT2D eigenvalue weighted by atomic mass is 16.8. The molecule has 40 unspecified atom stereocenters. The van der Waals surface area contributed by atoms with Crippen LogP contribution in [0.2, 0.25) is 0 Å². The molecular formula is C92H158N4O47. The third-order valence-electron chi connectivity index (χ3n) is 26.9. The van der Waals surface area contributed by atoms with Crippen LogP contribution in [0, 0.1) is 5.92 Å². The number of aliphatic hydroxyl groups excluding tert-OH is 22. The summed E-state index contributed by atoms with van der Waals surface area (Å²) in [7, 11) is 0. The summed E-state index contributed by atoms with van der Waals surface area (Å²) in [5, 5.41) is 296. The largest absolute Gasteiger partial charge is 0.477 e. The van der Waals surface area contributed by atoms with E-state index < -0.39 is 369 Å². The van der Waals surface area contributed by atoms with Crippen LogP contribution in [0.25, 0.3) is 0 Å². The number of Topliss-reactive ketones (excluding diaryl/α,β-unsaturated/α-hetero) is 1. The van der Waals surface area contributed by atoms with Gasteiger partial charge in [-0.2, -0.15) is 0 Å². The fraction of sp³-hybridized carbons (Fsp3) is 0.891. The third-order valence-corrected chi connectivity index (χ3v) is 26.9. The van der Waals surface area contributed by atoms with E-state index in [1.165, 1.54) is 51.0 Å². The number of ether oxygens (including phenoxy) is 14. The van der Waals surface area contributed by atoms with Crippen LogP contribution in [0.1, 0.15) is 221 Å². The van der Waals surface area contributed by atoms with Crippen molar-refractivity contribution >= 4 is 47.3 Å². The van der Waals surface area contributed by atoms with Gasteiger partial charge in [-0.25, -0.2) is 14.4 Å². The van der Waals surface area contributed by atoms with Gasteiger partial charge in [0, 0.05) is 58.8 Å². The van der Waals surface area contributed by atoms with Crippen molar-refractivity contribution in [2.45, 2.75) is 459 Å². The van der Waals surface area contributed by atoms with Crippen LogP contribution in [0.3, 0.4) is 0 Å². The number of carboxylic acid groups (broad SMARTS) is 3. The monoisotopic (exact) mass is 2070 g/mol. The Bertz CT molecular complexity index is 3840. The highest BCUT2D eigenvalue weighted by Crippen LogP contribution is 2.46. The number of nitrogens with one attached hydrogen (secondary N) is 4. The minimum Gasteiger partial charge on any atom is -0.477 e. The lowest BCUT2D eigenvalue weighted by atomic mass is 9.86. The molecule has 828 valence electrons. The Balaban J connectivity index is 1.26. The van der Waals surface area contributed by atoms with Crippen molar-refractivity contribution in [3.05, 3.63) is 12.2 Å². The first-order valence-electron chi connectivity index (χ1n) is 49.6. The number of ketones is 1. The molecule has 4 amide bonds. The SMILES string of the molecule is CCCCCCCCCCCCCC=CC(O)C(COC1OC(CO)C(OC2OC(CO)C(OC3OC(CO)C(O)C(OC4OC(CO)C(O)C(O)C4O)C3CC(C)=O)C(OC3(C(=O)O)CC(O)C(NC(C)=O)C(C(O)C(CO)OC4(C(=O)O)CC(O)C(NC(C)=O)C(C(O)C(CO)OC5(C(=O)O)CC(O)C(NC(C)=O)C(C(O)C(O)CO)O5)O4)O3)C2O)C(O)C1O)NC(=O)CCCCCCCCCCCCC. The third kappa shape index (κ3) is 34.1. The topological polar surface area (TPSA) is 820 Å². The molecular weight excluding hydrogens is 1910 g/mol. The number of hydrogen-bond donors (Lipinski definition) is 29. The number of aliphatic carboxylic acids is 3. The second kappa shape index (κ2) is 60.3. The summed E-state index contributed by atoms with van der Waals surface area (Å²) < 4.78 is 84.3. The molecule has 0 spiro atoms. The summed E-state index contributed by atoms with van der Waals surface area (Å²) in [5.41, 5.74) is 0. The highest BCUT2D eigenvalue weighted by Gasteiger charge is 2.66. The lowest BCUT2D eigenvalue weighted by Crippen LogP contribution is -2.72. The lowest BCUT2D eigenvalue weighted by Gasteiger charge is -2.53. The number of rotatable bonds is 63. The molecule has 0 bridgehead atoms. The zero-order chi connectivity index (χ0) is 106. The van der Waals surface area contributed by atoms with Crippen LogP contribution in [0.4, 0.5) is 0 Å². The van der Waals surface area contributed by atoms with Crippen molar-refractivity contribution in [2.75, 3.05) is 52.9 Å². The van der Waals surface area contributed by atoms with Gasteiger partial charge < -0.3 is 220 Å². The van der Waals surface area contributed by atoms with E-state index in [1.54, 1.807) is 6.08 Å². The Morgan fingerprint density at radius 2 is 0.776 bits per heavy atom. The number of aliphatic hydroxyl groups is 22. The second-order valence-electron chi connectivity index (χ2n) is 38.1. The first kappa shape index (κ1) is 124. The molecule has 7 rings (SSSR count). The van der Waals surface area contributed by atoms with Crippen LogP contribution >= 0.6 is 0 Å². The quantitative estimate of drug-likeness (QED) is 0.0199. The molecule has 7 heterocycles. The number of amides is 4. The van der Waals surface area contributed by atoms with Crippen LogP contribution in [-0.2, 0) is 105 Å². The average molecular weight is 2070 g/mol. The van der Waals surface area contributed by atoms with Crippen molar-refractivity contribution in [1.82, 2.24) is 21.3 Å². The number of unbranched alkanes of at least 4 members (excludes halogenated alkanes) is 21. The van der Waals surface area contributed by atoms with E-state index in [-0.39, 0.29) is 6.42 Å². The van der Waals surface area contributed by atoms with Gasteiger partial charge in [0.15, 0.2) is 25.2 Å². The normalized spacial score (nSPS) is 36.2. The zero-order valence-electron chi connectivity index (χ0n) is 81.6. The molecule has 40 atom stereocenters. The summed E-state index contributed by atoms with van der Waals surface area (Å²) in [5.74, 6) is -24.3. The minimum atomic E-state index is -3.81. The molecule has 0 radical (unpaired) electrons. The molecule has 51 nitrogen and oxygen atoms in total. The second-order valence-corrected chi connectivity index (χ2v) is 38.1. The summed E-state index contributed by atoms with van der Waals surface area (Å²) in [6.07, 6.45) is -52.4.